The number of nitrogens with zero attached hydrogens (tertiary/aromatic N) is 5. The molecule has 0 amide bonds. The standard InChI is InChI=1S/C22H31N5O/c1-16-4-6-17(7-5-16)19-13-27(14-20(19)25(2)3)22-12-21(23-15-24-22)26-10-8-18(28)9-11-26/h4-7,12,15,18-20,28H,8-11,13-14H2,1-3H3. The Hall–Kier alpha value is -2.18. The summed E-state index contributed by atoms with van der Waals surface area (Å²) in [6, 6.07) is 11.5. The molecule has 4 rings (SSSR count). The van der Waals surface area contributed by atoms with Crippen LogP contribution in [-0.2, 0) is 0 Å². The summed E-state index contributed by atoms with van der Waals surface area (Å²) in [6.45, 7) is 5.76. The molecule has 0 aliphatic carbocycles. The molecule has 2 fully saturated rings. The van der Waals surface area contributed by atoms with E-state index in [1.54, 1.807) is 6.33 Å². The van der Waals surface area contributed by atoms with E-state index in [2.05, 4.69) is 76.0 Å². The lowest BCUT2D eigenvalue weighted by Crippen LogP contribution is -2.36. The van der Waals surface area contributed by atoms with Crippen molar-refractivity contribution in [3.8, 4) is 0 Å². The topological polar surface area (TPSA) is 55.7 Å². The Bertz CT molecular complexity index is 786. The summed E-state index contributed by atoms with van der Waals surface area (Å²) in [7, 11) is 4.33. The second-order valence-electron chi connectivity index (χ2n) is 8.41. The molecule has 3 heterocycles. The number of aryl methyl sites for hydroxylation is 1. The highest BCUT2D eigenvalue weighted by Gasteiger charge is 2.36. The highest BCUT2D eigenvalue weighted by atomic mass is 16.3. The third-order valence-corrected chi connectivity index (χ3v) is 6.21. The van der Waals surface area contributed by atoms with E-state index in [-0.39, 0.29) is 6.10 Å². The fourth-order valence-corrected chi connectivity index (χ4v) is 4.42. The maximum Gasteiger partial charge on any atom is 0.134 e. The molecule has 2 aromatic rings. The van der Waals surface area contributed by atoms with Crippen LogP contribution in [0.3, 0.4) is 0 Å². The van der Waals surface area contributed by atoms with E-state index in [4.69, 9.17) is 0 Å². The Morgan fingerprint density at radius 2 is 1.61 bits per heavy atom. The van der Waals surface area contributed by atoms with Gasteiger partial charge in [0.05, 0.1) is 6.10 Å². The van der Waals surface area contributed by atoms with E-state index >= 15 is 0 Å². The monoisotopic (exact) mass is 381 g/mol. The number of likely N-dealkylation sites (N-methyl/N-ethyl adjacent to an activating group) is 1. The first-order chi connectivity index (χ1) is 13.5. The number of hydrogen-bond acceptors (Lipinski definition) is 6. The molecule has 0 radical (unpaired) electrons. The number of hydrogen-bond donors (Lipinski definition) is 1. The van der Waals surface area contributed by atoms with Crippen LogP contribution < -0.4 is 9.80 Å². The summed E-state index contributed by atoms with van der Waals surface area (Å²) >= 11 is 0. The Kier molecular flexibility index (Phi) is 5.51. The number of aliphatic hydroxyl groups is 1. The predicted molar refractivity (Wildman–Crippen MR) is 113 cm³/mol. The number of aromatic nitrogens is 2. The summed E-state index contributed by atoms with van der Waals surface area (Å²) in [5.41, 5.74) is 2.69. The van der Waals surface area contributed by atoms with Crippen LogP contribution in [0.1, 0.15) is 29.9 Å². The average molecular weight is 382 g/mol. The number of aliphatic hydroxyl groups excluding tert-OH is 1. The molecule has 150 valence electrons. The SMILES string of the molecule is Cc1ccc(C2CN(c3cc(N4CCC(O)CC4)ncn3)CC2N(C)C)cc1. The molecule has 1 aromatic carbocycles. The van der Waals surface area contributed by atoms with Crippen molar-refractivity contribution in [1.82, 2.24) is 14.9 Å². The van der Waals surface area contributed by atoms with Crippen molar-refractivity contribution in [1.29, 1.82) is 0 Å². The molecule has 0 bridgehead atoms. The minimum Gasteiger partial charge on any atom is -0.393 e. The van der Waals surface area contributed by atoms with Crippen molar-refractivity contribution in [2.45, 2.75) is 37.8 Å². The number of benzene rings is 1. The van der Waals surface area contributed by atoms with E-state index in [9.17, 15) is 5.11 Å². The van der Waals surface area contributed by atoms with Crippen LogP contribution in [0.25, 0.3) is 0 Å². The van der Waals surface area contributed by atoms with Crippen LogP contribution in [0.2, 0.25) is 0 Å². The second kappa shape index (κ2) is 8.05. The van der Waals surface area contributed by atoms with Gasteiger partial charge in [-0.15, -0.1) is 0 Å². The fraction of sp³-hybridized carbons (Fsp3) is 0.545. The van der Waals surface area contributed by atoms with Gasteiger partial charge in [-0.05, 0) is 39.4 Å². The lowest BCUT2D eigenvalue weighted by Gasteiger charge is -2.31. The molecule has 2 unspecified atom stereocenters. The van der Waals surface area contributed by atoms with Gasteiger partial charge >= 0.3 is 0 Å². The van der Waals surface area contributed by atoms with Gasteiger partial charge in [0.25, 0.3) is 0 Å². The Labute approximate surface area is 167 Å². The lowest BCUT2D eigenvalue weighted by atomic mass is 9.93. The molecule has 6 nitrogen and oxygen atoms in total. The zero-order chi connectivity index (χ0) is 19.7. The molecule has 6 heteroatoms. The molecule has 2 saturated heterocycles. The van der Waals surface area contributed by atoms with Crippen molar-refractivity contribution < 1.29 is 5.11 Å². The average Bonchev–Trinajstić information content (AvgIpc) is 3.15. The summed E-state index contributed by atoms with van der Waals surface area (Å²) < 4.78 is 0. The van der Waals surface area contributed by atoms with Crippen molar-refractivity contribution in [3.05, 3.63) is 47.8 Å². The van der Waals surface area contributed by atoms with E-state index in [0.29, 0.717) is 12.0 Å². The maximum atomic E-state index is 9.76. The van der Waals surface area contributed by atoms with E-state index in [0.717, 1.165) is 50.7 Å². The van der Waals surface area contributed by atoms with Gasteiger partial charge in [-0.3, -0.25) is 0 Å². The quantitative estimate of drug-likeness (QED) is 0.877. The molecular formula is C22H31N5O. The molecular weight excluding hydrogens is 350 g/mol. The number of anilines is 2. The minimum atomic E-state index is -0.174. The summed E-state index contributed by atoms with van der Waals surface area (Å²) in [6.07, 6.45) is 3.12. The molecule has 0 spiro atoms. The van der Waals surface area contributed by atoms with Gasteiger partial charge in [-0.25, -0.2) is 9.97 Å². The zero-order valence-corrected chi connectivity index (χ0v) is 17.1. The molecule has 1 N–H and O–H groups in total. The first kappa shape index (κ1) is 19.2. The third kappa shape index (κ3) is 3.98. The normalized spacial score (nSPS) is 23.6. The van der Waals surface area contributed by atoms with Crippen molar-refractivity contribution >= 4 is 11.6 Å². The highest BCUT2D eigenvalue weighted by Crippen LogP contribution is 2.33. The largest absolute Gasteiger partial charge is 0.393 e. The smallest absolute Gasteiger partial charge is 0.134 e. The van der Waals surface area contributed by atoms with Gasteiger partial charge < -0.3 is 19.8 Å². The maximum absolute atomic E-state index is 9.76. The highest BCUT2D eigenvalue weighted by molar-refractivity contribution is 5.52. The molecule has 0 saturated carbocycles. The first-order valence-corrected chi connectivity index (χ1v) is 10.2. The van der Waals surface area contributed by atoms with Crippen molar-refractivity contribution in [3.63, 3.8) is 0 Å². The lowest BCUT2D eigenvalue weighted by molar-refractivity contribution is 0.145. The van der Waals surface area contributed by atoms with Crippen molar-refractivity contribution in [2.24, 2.45) is 0 Å². The molecule has 1 aromatic heterocycles. The predicted octanol–water partition coefficient (Wildman–Crippen LogP) is 2.28. The van der Waals surface area contributed by atoms with Crippen LogP contribution in [0.15, 0.2) is 36.7 Å². The minimum absolute atomic E-state index is 0.174. The summed E-state index contributed by atoms with van der Waals surface area (Å²) in [5, 5.41) is 9.76. The van der Waals surface area contributed by atoms with E-state index < -0.39 is 0 Å². The van der Waals surface area contributed by atoms with Gasteiger partial charge in [0, 0.05) is 44.2 Å². The zero-order valence-electron chi connectivity index (χ0n) is 17.1. The molecule has 28 heavy (non-hydrogen) atoms. The van der Waals surface area contributed by atoms with Crippen LogP contribution in [0.4, 0.5) is 11.6 Å². The third-order valence-electron chi connectivity index (χ3n) is 6.21. The number of rotatable bonds is 4. The second-order valence-corrected chi connectivity index (χ2v) is 8.41. The van der Waals surface area contributed by atoms with Crippen LogP contribution in [0.5, 0.6) is 0 Å². The van der Waals surface area contributed by atoms with Crippen molar-refractivity contribution in [2.75, 3.05) is 50.1 Å². The molecule has 2 aliphatic heterocycles. The summed E-state index contributed by atoms with van der Waals surface area (Å²) in [5.74, 6) is 2.42. The van der Waals surface area contributed by atoms with Gasteiger partial charge in [-0.2, -0.15) is 0 Å². The van der Waals surface area contributed by atoms with Crippen LogP contribution >= 0.6 is 0 Å². The van der Waals surface area contributed by atoms with Gasteiger partial charge in [0.15, 0.2) is 0 Å². The van der Waals surface area contributed by atoms with Gasteiger partial charge in [0.2, 0.25) is 0 Å². The first-order valence-electron chi connectivity index (χ1n) is 10.2. The van der Waals surface area contributed by atoms with Crippen LogP contribution in [-0.4, -0.2) is 72.4 Å². The molecule has 2 aliphatic rings. The van der Waals surface area contributed by atoms with Gasteiger partial charge in [0.1, 0.15) is 18.0 Å². The Balaban J connectivity index is 1.54. The van der Waals surface area contributed by atoms with E-state index in [1.165, 1.54) is 11.1 Å². The number of piperidine rings is 1. The van der Waals surface area contributed by atoms with Gasteiger partial charge in [-0.1, -0.05) is 29.8 Å². The Morgan fingerprint density at radius 1 is 0.964 bits per heavy atom. The van der Waals surface area contributed by atoms with E-state index in [1.807, 2.05) is 0 Å². The Morgan fingerprint density at radius 3 is 2.25 bits per heavy atom. The molecule has 2 atom stereocenters. The summed E-state index contributed by atoms with van der Waals surface area (Å²) in [4.78, 5) is 16.1. The van der Waals surface area contributed by atoms with Crippen LogP contribution in [0, 0.1) is 6.92 Å². The fourth-order valence-electron chi connectivity index (χ4n) is 4.42.